The number of anilines is 4. The summed E-state index contributed by atoms with van der Waals surface area (Å²) in [6.45, 7) is 7.87. The minimum Gasteiger partial charge on any atom is -0.376 e. The van der Waals surface area contributed by atoms with E-state index < -0.39 is 0 Å². The summed E-state index contributed by atoms with van der Waals surface area (Å²) in [7, 11) is 0. The smallest absolute Gasteiger partial charge is 0.244 e. The third kappa shape index (κ3) is 4.79. The van der Waals surface area contributed by atoms with Crippen molar-refractivity contribution < 1.29 is 4.74 Å². The zero-order valence-corrected chi connectivity index (χ0v) is 14.9. The molecule has 7 heteroatoms. The van der Waals surface area contributed by atoms with Gasteiger partial charge < -0.3 is 20.3 Å². The van der Waals surface area contributed by atoms with Gasteiger partial charge in [0.2, 0.25) is 5.95 Å². The summed E-state index contributed by atoms with van der Waals surface area (Å²) < 4.78 is 5.59. The maximum absolute atomic E-state index is 5.59. The largest absolute Gasteiger partial charge is 0.376 e. The van der Waals surface area contributed by atoms with Crippen molar-refractivity contribution in [3.05, 3.63) is 30.5 Å². The summed E-state index contributed by atoms with van der Waals surface area (Å²) in [5.74, 6) is 1.18. The lowest BCUT2D eigenvalue weighted by Gasteiger charge is -2.21. The van der Waals surface area contributed by atoms with E-state index in [1.54, 1.807) is 6.20 Å². The number of benzene rings is 1. The molecule has 1 unspecified atom stereocenters. The quantitative estimate of drug-likeness (QED) is 0.763. The number of nitrogens with one attached hydrogen (secondary N) is 2. The van der Waals surface area contributed by atoms with Crippen LogP contribution in [0.25, 0.3) is 0 Å². The highest BCUT2D eigenvalue weighted by Crippen LogP contribution is 2.20. The Labute approximate surface area is 148 Å². The molecule has 1 fully saturated rings. The van der Waals surface area contributed by atoms with Crippen molar-refractivity contribution in [3.8, 4) is 0 Å². The van der Waals surface area contributed by atoms with Crippen LogP contribution in [0.15, 0.2) is 30.5 Å². The molecule has 0 saturated carbocycles. The molecule has 1 aliphatic heterocycles. The molecule has 7 nitrogen and oxygen atoms in total. The Hall–Kier alpha value is -2.41. The highest BCUT2D eigenvalue weighted by atomic mass is 16.5. The zero-order chi connectivity index (χ0) is 17.5. The third-order valence-corrected chi connectivity index (χ3v) is 4.34. The van der Waals surface area contributed by atoms with Gasteiger partial charge in [-0.2, -0.15) is 10.1 Å². The molecular formula is C18H26N6O. The van der Waals surface area contributed by atoms with Gasteiger partial charge in [0.15, 0.2) is 5.82 Å². The van der Waals surface area contributed by atoms with E-state index in [9.17, 15) is 0 Å². The van der Waals surface area contributed by atoms with Gasteiger partial charge in [-0.25, -0.2) is 0 Å². The summed E-state index contributed by atoms with van der Waals surface area (Å²) in [4.78, 5) is 6.77. The van der Waals surface area contributed by atoms with Gasteiger partial charge >= 0.3 is 0 Å². The lowest BCUT2D eigenvalue weighted by Crippen LogP contribution is -2.21. The average molecular weight is 342 g/mol. The second-order valence-electron chi connectivity index (χ2n) is 6.03. The molecule has 1 atom stereocenters. The summed E-state index contributed by atoms with van der Waals surface area (Å²) in [5, 5.41) is 14.5. The molecule has 1 aromatic heterocycles. The van der Waals surface area contributed by atoms with Crippen LogP contribution < -0.4 is 15.5 Å². The Morgan fingerprint density at radius 3 is 2.68 bits per heavy atom. The normalized spacial score (nSPS) is 16.6. The van der Waals surface area contributed by atoms with E-state index in [0.717, 1.165) is 38.2 Å². The number of hydrogen-bond donors (Lipinski definition) is 2. The van der Waals surface area contributed by atoms with Crippen molar-refractivity contribution in [1.29, 1.82) is 0 Å². The Morgan fingerprint density at radius 2 is 2.00 bits per heavy atom. The van der Waals surface area contributed by atoms with Crippen LogP contribution in [0.2, 0.25) is 0 Å². The Balaban J connectivity index is 1.59. The number of rotatable bonds is 8. The number of ether oxygens (including phenoxy) is 1. The van der Waals surface area contributed by atoms with E-state index in [2.05, 4.69) is 68.8 Å². The van der Waals surface area contributed by atoms with Crippen LogP contribution >= 0.6 is 0 Å². The fraction of sp³-hybridized carbons (Fsp3) is 0.500. The second-order valence-corrected chi connectivity index (χ2v) is 6.03. The Bertz CT molecular complexity index is 653. The molecule has 2 N–H and O–H groups in total. The summed E-state index contributed by atoms with van der Waals surface area (Å²) >= 11 is 0. The van der Waals surface area contributed by atoms with Crippen LogP contribution in [0.5, 0.6) is 0 Å². The first-order chi connectivity index (χ1) is 12.3. The minimum atomic E-state index is 0.243. The fourth-order valence-corrected chi connectivity index (χ4v) is 2.94. The van der Waals surface area contributed by atoms with Gasteiger partial charge in [0.1, 0.15) is 0 Å². The molecule has 134 valence electrons. The van der Waals surface area contributed by atoms with Gasteiger partial charge in [-0.3, -0.25) is 0 Å². The monoisotopic (exact) mass is 342 g/mol. The van der Waals surface area contributed by atoms with Gasteiger partial charge in [-0.05, 0) is 51.0 Å². The van der Waals surface area contributed by atoms with Crippen molar-refractivity contribution in [2.75, 3.05) is 41.8 Å². The first kappa shape index (κ1) is 17.4. The Kier molecular flexibility index (Phi) is 6.00. The molecule has 2 heterocycles. The first-order valence-electron chi connectivity index (χ1n) is 8.95. The van der Waals surface area contributed by atoms with Gasteiger partial charge in [0.25, 0.3) is 0 Å². The van der Waals surface area contributed by atoms with E-state index in [1.807, 2.05) is 0 Å². The average Bonchev–Trinajstić information content (AvgIpc) is 3.16. The Morgan fingerprint density at radius 1 is 1.20 bits per heavy atom. The standard InChI is InChI=1S/C18H26N6O/c1-3-24(4-2)15-9-7-14(8-10-15)21-17-13-20-23-18(22-17)19-12-16-6-5-11-25-16/h7-10,13,16H,3-6,11-12H2,1-2H3,(H2,19,21,22,23). The van der Waals surface area contributed by atoms with Gasteiger partial charge in [-0.15, -0.1) is 5.10 Å². The molecule has 0 amide bonds. The van der Waals surface area contributed by atoms with Crippen molar-refractivity contribution in [1.82, 2.24) is 15.2 Å². The van der Waals surface area contributed by atoms with Crippen molar-refractivity contribution in [3.63, 3.8) is 0 Å². The van der Waals surface area contributed by atoms with Crippen LogP contribution in [0.3, 0.4) is 0 Å². The maximum Gasteiger partial charge on any atom is 0.244 e. The molecule has 25 heavy (non-hydrogen) atoms. The predicted molar refractivity (Wildman–Crippen MR) is 101 cm³/mol. The van der Waals surface area contributed by atoms with Crippen LogP contribution in [0.4, 0.5) is 23.1 Å². The SMILES string of the molecule is CCN(CC)c1ccc(Nc2cnnc(NCC3CCCO3)n2)cc1. The summed E-state index contributed by atoms with van der Waals surface area (Å²) in [6.07, 6.45) is 4.07. The fourth-order valence-electron chi connectivity index (χ4n) is 2.94. The number of nitrogens with zero attached hydrogens (tertiary/aromatic N) is 4. The molecule has 1 aliphatic rings. The van der Waals surface area contributed by atoms with E-state index in [1.165, 1.54) is 5.69 Å². The molecule has 2 aromatic rings. The van der Waals surface area contributed by atoms with Crippen LogP contribution in [-0.4, -0.2) is 47.5 Å². The second kappa shape index (κ2) is 8.62. The molecule has 1 saturated heterocycles. The number of aromatic nitrogens is 3. The first-order valence-corrected chi connectivity index (χ1v) is 8.95. The van der Waals surface area contributed by atoms with E-state index in [4.69, 9.17) is 4.74 Å². The maximum atomic E-state index is 5.59. The highest BCUT2D eigenvalue weighted by molar-refractivity contribution is 5.60. The lowest BCUT2D eigenvalue weighted by atomic mass is 10.2. The molecule has 1 aromatic carbocycles. The topological polar surface area (TPSA) is 75.2 Å². The van der Waals surface area contributed by atoms with Gasteiger partial charge in [-0.1, -0.05) is 0 Å². The minimum absolute atomic E-state index is 0.243. The van der Waals surface area contributed by atoms with Crippen LogP contribution in [0, 0.1) is 0 Å². The number of hydrogen-bond acceptors (Lipinski definition) is 7. The predicted octanol–water partition coefficient (Wildman–Crippen LogP) is 3.05. The molecule has 0 bridgehead atoms. The van der Waals surface area contributed by atoms with E-state index >= 15 is 0 Å². The molecule has 0 radical (unpaired) electrons. The van der Waals surface area contributed by atoms with Crippen molar-refractivity contribution in [2.45, 2.75) is 32.8 Å². The zero-order valence-electron chi connectivity index (χ0n) is 14.9. The van der Waals surface area contributed by atoms with Crippen LogP contribution in [0.1, 0.15) is 26.7 Å². The van der Waals surface area contributed by atoms with Gasteiger partial charge in [0, 0.05) is 37.6 Å². The highest BCUT2D eigenvalue weighted by Gasteiger charge is 2.15. The molecular weight excluding hydrogens is 316 g/mol. The van der Waals surface area contributed by atoms with Crippen molar-refractivity contribution in [2.24, 2.45) is 0 Å². The van der Waals surface area contributed by atoms with E-state index in [-0.39, 0.29) is 6.10 Å². The van der Waals surface area contributed by atoms with Gasteiger partial charge in [0.05, 0.1) is 12.3 Å². The van der Waals surface area contributed by atoms with Crippen LogP contribution in [-0.2, 0) is 4.74 Å². The van der Waals surface area contributed by atoms with Crippen molar-refractivity contribution >= 4 is 23.1 Å². The molecule has 0 spiro atoms. The summed E-state index contributed by atoms with van der Waals surface area (Å²) in [5.41, 5.74) is 2.19. The third-order valence-electron chi connectivity index (χ3n) is 4.34. The summed E-state index contributed by atoms with van der Waals surface area (Å²) in [6, 6.07) is 8.32. The molecule has 3 rings (SSSR count). The molecule has 0 aliphatic carbocycles. The lowest BCUT2D eigenvalue weighted by molar-refractivity contribution is 0.120. The van der Waals surface area contributed by atoms with E-state index in [0.29, 0.717) is 18.3 Å².